The van der Waals surface area contributed by atoms with E-state index in [1.807, 2.05) is 30.3 Å². The molecule has 1 aliphatic rings. The number of hydrogen-bond acceptors (Lipinski definition) is 3. The van der Waals surface area contributed by atoms with Crippen molar-refractivity contribution in [3.8, 4) is 0 Å². The van der Waals surface area contributed by atoms with Gasteiger partial charge in [0, 0.05) is 11.1 Å². The van der Waals surface area contributed by atoms with Gasteiger partial charge in [-0.2, -0.15) is 0 Å². The Bertz CT molecular complexity index is 699. The molecule has 1 saturated carbocycles. The molecule has 1 fully saturated rings. The fourth-order valence-corrected chi connectivity index (χ4v) is 4.28. The lowest BCUT2D eigenvalue weighted by Crippen LogP contribution is -2.41. The molecule has 144 valence electrons. The second-order valence-electron chi connectivity index (χ2n) is 7.22. The van der Waals surface area contributed by atoms with Crippen molar-refractivity contribution in [2.45, 2.75) is 50.5 Å². The van der Waals surface area contributed by atoms with E-state index in [0.29, 0.717) is 18.4 Å². The summed E-state index contributed by atoms with van der Waals surface area (Å²) in [5.41, 5.74) is 2.45. The Balaban J connectivity index is 1.50. The zero-order valence-corrected chi connectivity index (χ0v) is 16.8. The monoisotopic (exact) mass is 383 g/mol. The molecule has 2 aromatic carbocycles. The average Bonchev–Trinajstić information content (AvgIpc) is 2.73. The highest BCUT2D eigenvalue weighted by atomic mass is 32.1. The largest absolute Gasteiger partial charge is 0.468 e. The lowest BCUT2D eigenvalue weighted by molar-refractivity contribution is -0.0195. The van der Waals surface area contributed by atoms with Crippen LogP contribution in [0.3, 0.4) is 0 Å². The first kappa shape index (κ1) is 19.8. The third-order valence-corrected chi connectivity index (χ3v) is 5.80. The molecular weight excluding hydrogens is 354 g/mol. The third kappa shape index (κ3) is 5.30. The number of para-hydroxylation sites is 1. The van der Waals surface area contributed by atoms with Gasteiger partial charge in [0.25, 0.3) is 5.17 Å². The lowest BCUT2D eigenvalue weighted by Gasteiger charge is -2.42. The number of hydrogen-bond donors (Lipinski definition) is 1. The van der Waals surface area contributed by atoms with Crippen LogP contribution in [0.1, 0.15) is 44.6 Å². The van der Waals surface area contributed by atoms with E-state index >= 15 is 0 Å². The van der Waals surface area contributed by atoms with Crippen molar-refractivity contribution >= 4 is 23.1 Å². The van der Waals surface area contributed by atoms with Crippen molar-refractivity contribution in [2.75, 3.05) is 18.5 Å². The van der Waals surface area contributed by atoms with E-state index in [9.17, 15) is 0 Å². The average molecular weight is 384 g/mol. The second kappa shape index (κ2) is 9.86. The third-order valence-electron chi connectivity index (χ3n) is 5.58. The fraction of sp³-hybridized carbons (Fsp3) is 0.435. The van der Waals surface area contributed by atoms with Crippen molar-refractivity contribution in [2.24, 2.45) is 0 Å². The van der Waals surface area contributed by atoms with Gasteiger partial charge in [0.05, 0.1) is 12.7 Å². The molecular formula is C23H29NO2S. The van der Waals surface area contributed by atoms with Crippen LogP contribution in [0.25, 0.3) is 0 Å². The van der Waals surface area contributed by atoms with E-state index in [1.165, 1.54) is 37.7 Å². The lowest BCUT2D eigenvalue weighted by atomic mass is 9.66. The normalized spacial score (nSPS) is 17.1. The van der Waals surface area contributed by atoms with E-state index in [2.05, 4.69) is 42.6 Å². The van der Waals surface area contributed by atoms with Crippen LogP contribution in [0, 0.1) is 0 Å². The van der Waals surface area contributed by atoms with Crippen LogP contribution in [-0.2, 0) is 14.9 Å². The van der Waals surface area contributed by atoms with Crippen LogP contribution in [0.4, 0.5) is 5.69 Å². The zero-order chi connectivity index (χ0) is 19.0. The maximum atomic E-state index is 6.23. The molecule has 0 saturated heterocycles. The van der Waals surface area contributed by atoms with Gasteiger partial charge in [-0.1, -0.05) is 67.8 Å². The van der Waals surface area contributed by atoms with Gasteiger partial charge in [0.1, 0.15) is 6.61 Å². The predicted molar refractivity (Wildman–Crippen MR) is 115 cm³/mol. The summed E-state index contributed by atoms with van der Waals surface area (Å²) >= 11 is 5.25. The van der Waals surface area contributed by atoms with E-state index in [-0.39, 0.29) is 11.5 Å². The molecule has 1 aliphatic carbocycles. The fourth-order valence-electron chi connectivity index (χ4n) is 4.08. The Kier molecular flexibility index (Phi) is 7.25. The predicted octanol–water partition coefficient (Wildman–Crippen LogP) is 5.71. The molecule has 0 aliphatic heterocycles. The Morgan fingerprint density at radius 1 is 0.963 bits per heavy atom. The zero-order valence-electron chi connectivity index (χ0n) is 16.0. The Hall–Kier alpha value is -1.91. The summed E-state index contributed by atoms with van der Waals surface area (Å²) in [7, 11) is 0. The molecule has 2 aromatic rings. The maximum Gasteiger partial charge on any atom is 0.261 e. The van der Waals surface area contributed by atoms with Gasteiger partial charge in [0.2, 0.25) is 0 Å². The molecule has 1 unspecified atom stereocenters. The van der Waals surface area contributed by atoms with E-state index in [4.69, 9.17) is 21.7 Å². The number of benzene rings is 2. The molecule has 0 amide bonds. The molecule has 27 heavy (non-hydrogen) atoms. The standard InChI is InChI=1S/C23H29NO2S/c1-19(23(15-9-4-10-16-23)20-11-5-2-6-12-20)25-17-18-26-22(27)24-21-13-7-3-8-14-21/h2-3,5-8,11-14,19H,4,9-10,15-18H2,1H3,(H,24,27). The van der Waals surface area contributed by atoms with Crippen molar-refractivity contribution < 1.29 is 9.47 Å². The van der Waals surface area contributed by atoms with Crippen molar-refractivity contribution in [3.05, 3.63) is 66.2 Å². The SMILES string of the molecule is CC(OCCOC(=S)Nc1ccccc1)C1(c2ccccc2)CCCCC1. The highest BCUT2D eigenvalue weighted by molar-refractivity contribution is 7.80. The topological polar surface area (TPSA) is 30.5 Å². The maximum absolute atomic E-state index is 6.23. The van der Waals surface area contributed by atoms with Crippen LogP contribution in [0.15, 0.2) is 60.7 Å². The van der Waals surface area contributed by atoms with Crippen molar-refractivity contribution in [1.82, 2.24) is 0 Å². The number of nitrogens with one attached hydrogen (secondary N) is 1. The summed E-state index contributed by atoms with van der Waals surface area (Å²) in [6.45, 7) is 3.19. The van der Waals surface area contributed by atoms with Crippen molar-refractivity contribution in [3.63, 3.8) is 0 Å². The van der Waals surface area contributed by atoms with Gasteiger partial charge in [-0.25, -0.2) is 0 Å². The highest BCUT2D eigenvalue weighted by Gasteiger charge is 2.39. The highest BCUT2D eigenvalue weighted by Crippen LogP contribution is 2.43. The minimum atomic E-state index is 0.113. The molecule has 0 heterocycles. The number of rotatable bonds is 7. The molecule has 1 N–H and O–H groups in total. The number of ether oxygens (including phenoxy) is 2. The number of thiocarbonyl (C=S) groups is 1. The first-order valence-corrected chi connectivity index (χ1v) is 10.3. The minimum absolute atomic E-state index is 0.113. The summed E-state index contributed by atoms with van der Waals surface area (Å²) in [4.78, 5) is 0. The van der Waals surface area contributed by atoms with E-state index in [0.717, 1.165) is 5.69 Å². The van der Waals surface area contributed by atoms with Gasteiger partial charge >= 0.3 is 0 Å². The van der Waals surface area contributed by atoms with Gasteiger partial charge in [-0.3, -0.25) is 0 Å². The van der Waals surface area contributed by atoms with E-state index in [1.54, 1.807) is 0 Å². The molecule has 0 spiro atoms. The minimum Gasteiger partial charge on any atom is -0.468 e. The van der Waals surface area contributed by atoms with Crippen LogP contribution < -0.4 is 5.32 Å². The second-order valence-corrected chi connectivity index (χ2v) is 7.59. The smallest absolute Gasteiger partial charge is 0.261 e. The van der Waals surface area contributed by atoms with Crippen LogP contribution in [0.2, 0.25) is 0 Å². The summed E-state index contributed by atoms with van der Waals surface area (Å²) in [6.07, 6.45) is 6.39. The molecule has 3 rings (SSSR count). The summed E-state index contributed by atoms with van der Waals surface area (Å²) in [5.74, 6) is 0. The molecule has 0 bridgehead atoms. The molecule has 0 aromatic heterocycles. The number of anilines is 1. The molecule has 1 atom stereocenters. The van der Waals surface area contributed by atoms with Gasteiger partial charge < -0.3 is 14.8 Å². The summed E-state index contributed by atoms with van der Waals surface area (Å²) < 4.78 is 11.8. The Morgan fingerprint density at radius 2 is 1.59 bits per heavy atom. The molecule has 3 nitrogen and oxygen atoms in total. The van der Waals surface area contributed by atoms with Crippen molar-refractivity contribution in [1.29, 1.82) is 0 Å². The molecule has 0 radical (unpaired) electrons. The summed E-state index contributed by atoms with van der Waals surface area (Å²) in [6, 6.07) is 20.7. The first-order valence-electron chi connectivity index (χ1n) is 9.87. The first-order chi connectivity index (χ1) is 13.2. The van der Waals surface area contributed by atoms with Crippen LogP contribution >= 0.6 is 12.2 Å². The van der Waals surface area contributed by atoms with Crippen LogP contribution in [-0.4, -0.2) is 24.5 Å². The van der Waals surface area contributed by atoms with Crippen LogP contribution in [0.5, 0.6) is 0 Å². The van der Waals surface area contributed by atoms with Gasteiger partial charge in [-0.15, -0.1) is 0 Å². The van der Waals surface area contributed by atoms with Gasteiger partial charge in [-0.05, 0) is 49.7 Å². The summed E-state index contributed by atoms with van der Waals surface area (Å²) in [5, 5.41) is 3.46. The van der Waals surface area contributed by atoms with Gasteiger partial charge in [0.15, 0.2) is 0 Å². The Morgan fingerprint density at radius 3 is 2.26 bits per heavy atom. The Labute approximate surface area is 168 Å². The molecule has 4 heteroatoms. The quantitative estimate of drug-likeness (QED) is 0.490. The van der Waals surface area contributed by atoms with E-state index < -0.39 is 0 Å².